The summed E-state index contributed by atoms with van der Waals surface area (Å²) in [6.45, 7) is 1.96. The second-order valence-electron chi connectivity index (χ2n) is 4.05. The Labute approximate surface area is 122 Å². The second-order valence-corrected chi connectivity index (χ2v) is 5.76. The summed E-state index contributed by atoms with van der Waals surface area (Å²) >= 11 is 6.74. The molecule has 4 heteroatoms. The van der Waals surface area contributed by atoms with E-state index in [1.54, 1.807) is 18.2 Å². The maximum absolute atomic E-state index is 12.4. The molecule has 2 rings (SSSR count). The standard InChI is InChI=1S/C14H11Br2NO/c1-8-2-4-11(15)10(6-8)14(18)9-3-5-13(17)12(16)7-9/h2-7H,17H2,1H3. The molecule has 0 unspecified atom stereocenters. The van der Waals surface area contributed by atoms with Crippen molar-refractivity contribution >= 4 is 43.3 Å². The first kappa shape index (κ1) is 13.3. The highest BCUT2D eigenvalue weighted by Crippen LogP contribution is 2.25. The summed E-state index contributed by atoms with van der Waals surface area (Å²) in [7, 11) is 0. The molecule has 0 atom stereocenters. The van der Waals surface area contributed by atoms with Gasteiger partial charge in [-0.15, -0.1) is 0 Å². The largest absolute Gasteiger partial charge is 0.398 e. The van der Waals surface area contributed by atoms with Crippen molar-refractivity contribution in [1.29, 1.82) is 0 Å². The molecule has 0 saturated heterocycles. The van der Waals surface area contributed by atoms with Crippen molar-refractivity contribution in [2.24, 2.45) is 0 Å². The van der Waals surface area contributed by atoms with E-state index >= 15 is 0 Å². The lowest BCUT2D eigenvalue weighted by molar-refractivity contribution is 0.103. The van der Waals surface area contributed by atoms with Crippen molar-refractivity contribution in [1.82, 2.24) is 0 Å². The van der Waals surface area contributed by atoms with Gasteiger partial charge < -0.3 is 5.73 Å². The van der Waals surface area contributed by atoms with E-state index in [-0.39, 0.29) is 5.78 Å². The van der Waals surface area contributed by atoms with Gasteiger partial charge in [0.2, 0.25) is 0 Å². The minimum atomic E-state index is -0.0220. The average Bonchev–Trinajstić information content (AvgIpc) is 2.35. The molecule has 2 N–H and O–H groups in total. The van der Waals surface area contributed by atoms with Gasteiger partial charge in [0.15, 0.2) is 5.78 Å². The van der Waals surface area contributed by atoms with Crippen LogP contribution < -0.4 is 5.73 Å². The number of benzene rings is 2. The van der Waals surface area contributed by atoms with Crippen LogP contribution in [-0.2, 0) is 0 Å². The maximum Gasteiger partial charge on any atom is 0.194 e. The Morgan fingerprint density at radius 2 is 1.78 bits per heavy atom. The first-order chi connectivity index (χ1) is 8.49. The molecule has 18 heavy (non-hydrogen) atoms. The molecule has 0 fully saturated rings. The molecule has 0 amide bonds. The summed E-state index contributed by atoms with van der Waals surface area (Å²) in [6.07, 6.45) is 0. The lowest BCUT2D eigenvalue weighted by Gasteiger charge is -2.06. The minimum Gasteiger partial charge on any atom is -0.398 e. The van der Waals surface area contributed by atoms with E-state index in [1.807, 2.05) is 25.1 Å². The fraction of sp³-hybridized carbons (Fsp3) is 0.0714. The first-order valence-electron chi connectivity index (χ1n) is 5.35. The quantitative estimate of drug-likeness (QED) is 0.633. The van der Waals surface area contributed by atoms with Crippen molar-refractivity contribution in [3.63, 3.8) is 0 Å². The van der Waals surface area contributed by atoms with E-state index < -0.39 is 0 Å². The number of nitrogen functional groups attached to an aromatic ring is 1. The van der Waals surface area contributed by atoms with E-state index in [0.29, 0.717) is 16.8 Å². The lowest BCUT2D eigenvalue weighted by Crippen LogP contribution is -2.03. The molecule has 2 aromatic rings. The summed E-state index contributed by atoms with van der Waals surface area (Å²) in [6, 6.07) is 10.9. The van der Waals surface area contributed by atoms with E-state index in [0.717, 1.165) is 14.5 Å². The number of rotatable bonds is 2. The molecule has 0 spiro atoms. The summed E-state index contributed by atoms with van der Waals surface area (Å²) in [4.78, 5) is 12.4. The highest BCUT2D eigenvalue weighted by molar-refractivity contribution is 9.11. The molecule has 2 nitrogen and oxygen atoms in total. The number of carbonyl (C=O) groups is 1. The zero-order chi connectivity index (χ0) is 13.3. The number of hydrogen-bond donors (Lipinski definition) is 1. The van der Waals surface area contributed by atoms with Gasteiger partial charge in [-0.1, -0.05) is 27.6 Å². The average molecular weight is 369 g/mol. The third-order valence-electron chi connectivity index (χ3n) is 2.63. The van der Waals surface area contributed by atoms with Gasteiger partial charge in [0.25, 0.3) is 0 Å². The van der Waals surface area contributed by atoms with E-state index in [2.05, 4.69) is 31.9 Å². The van der Waals surface area contributed by atoms with Gasteiger partial charge in [-0.2, -0.15) is 0 Å². The predicted octanol–water partition coefficient (Wildman–Crippen LogP) is 4.33. The van der Waals surface area contributed by atoms with Crippen LogP contribution in [0.4, 0.5) is 5.69 Å². The third-order valence-corrected chi connectivity index (χ3v) is 4.01. The monoisotopic (exact) mass is 367 g/mol. The fourth-order valence-corrected chi connectivity index (χ4v) is 2.44. The van der Waals surface area contributed by atoms with Gasteiger partial charge in [0, 0.05) is 25.8 Å². The van der Waals surface area contributed by atoms with Crippen LogP contribution in [0, 0.1) is 6.92 Å². The zero-order valence-electron chi connectivity index (χ0n) is 9.71. The number of carbonyl (C=O) groups excluding carboxylic acids is 1. The van der Waals surface area contributed by atoms with Crippen LogP contribution in [0.1, 0.15) is 21.5 Å². The topological polar surface area (TPSA) is 43.1 Å². The van der Waals surface area contributed by atoms with Gasteiger partial charge in [-0.25, -0.2) is 0 Å². The SMILES string of the molecule is Cc1ccc(Br)c(C(=O)c2ccc(N)c(Br)c2)c1. The highest BCUT2D eigenvalue weighted by atomic mass is 79.9. The Kier molecular flexibility index (Phi) is 3.88. The normalized spacial score (nSPS) is 10.4. The van der Waals surface area contributed by atoms with E-state index in [1.165, 1.54) is 0 Å². The molecule has 0 aliphatic heterocycles. The first-order valence-corrected chi connectivity index (χ1v) is 6.93. The Balaban J connectivity index is 2.47. The van der Waals surface area contributed by atoms with Crippen LogP contribution in [0.5, 0.6) is 0 Å². The third kappa shape index (κ3) is 2.65. The van der Waals surface area contributed by atoms with Crippen molar-refractivity contribution < 1.29 is 4.79 Å². The molecule has 0 saturated carbocycles. The molecule has 0 aromatic heterocycles. The Morgan fingerprint density at radius 1 is 1.06 bits per heavy atom. The molecule has 0 heterocycles. The van der Waals surface area contributed by atoms with Crippen LogP contribution in [0.2, 0.25) is 0 Å². The van der Waals surface area contributed by atoms with Crippen LogP contribution in [0.25, 0.3) is 0 Å². The van der Waals surface area contributed by atoms with Crippen molar-refractivity contribution in [2.45, 2.75) is 6.92 Å². The van der Waals surface area contributed by atoms with Crippen LogP contribution in [0.15, 0.2) is 45.3 Å². The Bertz CT molecular complexity index is 623. The van der Waals surface area contributed by atoms with Gasteiger partial charge in [0.05, 0.1) is 0 Å². The number of aryl methyl sites for hydroxylation is 1. The summed E-state index contributed by atoms with van der Waals surface area (Å²) in [5, 5.41) is 0. The summed E-state index contributed by atoms with van der Waals surface area (Å²) < 4.78 is 1.53. The van der Waals surface area contributed by atoms with Crippen LogP contribution in [-0.4, -0.2) is 5.78 Å². The lowest BCUT2D eigenvalue weighted by atomic mass is 10.0. The van der Waals surface area contributed by atoms with Crippen molar-refractivity contribution in [3.05, 3.63) is 62.0 Å². The van der Waals surface area contributed by atoms with Crippen molar-refractivity contribution in [3.8, 4) is 0 Å². The summed E-state index contributed by atoms with van der Waals surface area (Å²) in [5.74, 6) is -0.0220. The highest BCUT2D eigenvalue weighted by Gasteiger charge is 2.13. The Morgan fingerprint density at radius 3 is 2.44 bits per heavy atom. The van der Waals surface area contributed by atoms with E-state index in [4.69, 9.17) is 5.73 Å². The molecule has 2 aromatic carbocycles. The number of ketones is 1. The smallest absolute Gasteiger partial charge is 0.194 e. The molecule has 0 radical (unpaired) electrons. The second kappa shape index (κ2) is 5.24. The number of hydrogen-bond acceptors (Lipinski definition) is 2. The van der Waals surface area contributed by atoms with Gasteiger partial charge in [-0.05, 0) is 53.2 Å². The minimum absolute atomic E-state index is 0.0220. The maximum atomic E-state index is 12.4. The van der Waals surface area contributed by atoms with Crippen LogP contribution in [0.3, 0.4) is 0 Å². The number of anilines is 1. The molecular weight excluding hydrogens is 358 g/mol. The van der Waals surface area contributed by atoms with Crippen LogP contribution >= 0.6 is 31.9 Å². The number of halogens is 2. The number of nitrogens with two attached hydrogens (primary N) is 1. The van der Waals surface area contributed by atoms with E-state index in [9.17, 15) is 4.79 Å². The summed E-state index contributed by atoms with van der Waals surface area (Å²) in [5.41, 5.74) is 8.66. The molecular formula is C14H11Br2NO. The van der Waals surface area contributed by atoms with Gasteiger partial charge in [0.1, 0.15) is 0 Å². The van der Waals surface area contributed by atoms with Gasteiger partial charge >= 0.3 is 0 Å². The van der Waals surface area contributed by atoms with Gasteiger partial charge in [-0.3, -0.25) is 4.79 Å². The fourth-order valence-electron chi connectivity index (χ4n) is 1.64. The molecule has 92 valence electrons. The predicted molar refractivity (Wildman–Crippen MR) is 80.9 cm³/mol. The molecule has 0 aliphatic carbocycles. The Hall–Kier alpha value is -1.13. The molecule has 0 aliphatic rings. The zero-order valence-corrected chi connectivity index (χ0v) is 12.9. The van der Waals surface area contributed by atoms with Crippen molar-refractivity contribution in [2.75, 3.05) is 5.73 Å². The molecule has 0 bridgehead atoms.